The van der Waals surface area contributed by atoms with Gasteiger partial charge in [-0.15, -0.1) is 0 Å². The van der Waals surface area contributed by atoms with Crippen molar-refractivity contribution >= 4 is 0 Å². The summed E-state index contributed by atoms with van der Waals surface area (Å²) in [7, 11) is 0. The Morgan fingerprint density at radius 1 is 1.40 bits per heavy atom. The zero-order valence-corrected chi connectivity index (χ0v) is 7.14. The Kier molecular flexibility index (Phi) is 7.04. The summed E-state index contributed by atoms with van der Waals surface area (Å²) < 4.78 is 0. The van der Waals surface area contributed by atoms with Crippen molar-refractivity contribution < 1.29 is 5.11 Å². The fourth-order valence-corrected chi connectivity index (χ4v) is 0.852. The molecule has 1 radical (unpaired) electrons. The minimum absolute atomic E-state index is 0.127. The van der Waals surface area contributed by atoms with Crippen molar-refractivity contribution in [3.05, 3.63) is 6.42 Å². The van der Waals surface area contributed by atoms with Crippen molar-refractivity contribution in [2.75, 3.05) is 0 Å². The standard InChI is InChI=1S/C9H19O/c1-3-4-5-6-7-8-9(2)10/h6,9-10H,3-5,7-8H2,1-2H3. The smallest absolute Gasteiger partial charge is 0.0512 e. The van der Waals surface area contributed by atoms with E-state index in [1.807, 2.05) is 6.92 Å². The number of hydrogen-bond donors (Lipinski definition) is 1. The Bertz CT molecular complexity index is 59.7. The molecule has 1 unspecified atom stereocenters. The van der Waals surface area contributed by atoms with Gasteiger partial charge in [-0.3, -0.25) is 0 Å². The van der Waals surface area contributed by atoms with E-state index in [-0.39, 0.29) is 6.10 Å². The first kappa shape index (κ1) is 9.96. The fourth-order valence-electron chi connectivity index (χ4n) is 0.852. The van der Waals surface area contributed by atoms with Crippen LogP contribution in [0.2, 0.25) is 0 Å². The van der Waals surface area contributed by atoms with E-state index in [2.05, 4.69) is 13.3 Å². The number of aliphatic hydroxyl groups excluding tert-OH is 1. The lowest BCUT2D eigenvalue weighted by molar-refractivity contribution is 0.184. The van der Waals surface area contributed by atoms with Gasteiger partial charge in [0, 0.05) is 0 Å². The van der Waals surface area contributed by atoms with Crippen LogP contribution in [0.5, 0.6) is 0 Å². The summed E-state index contributed by atoms with van der Waals surface area (Å²) in [6.45, 7) is 4.04. The van der Waals surface area contributed by atoms with E-state index >= 15 is 0 Å². The summed E-state index contributed by atoms with van der Waals surface area (Å²) in [6, 6.07) is 0. The lowest BCUT2D eigenvalue weighted by Gasteiger charge is -2.01. The van der Waals surface area contributed by atoms with Crippen molar-refractivity contribution in [1.82, 2.24) is 0 Å². The van der Waals surface area contributed by atoms with Gasteiger partial charge in [0.05, 0.1) is 6.10 Å². The quantitative estimate of drug-likeness (QED) is 0.566. The molecule has 0 saturated carbocycles. The Labute approximate surface area is 64.5 Å². The normalized spacial score (nSPS) is 13.5. The SMILES string of the molecule is CCCC[CH]CCC(C)O. The predicted octanol–water partition coefficient (Wildman–Crippen LogP) is 2.54. The van der Waals surface area contributed by atoms with E-state index in [1.165, 1.54) is 19.3 Å². The molecule has 0 aliphatic carbocycles. The summed E-state index contributed by atoms with van der Waals surface area (Å²) in [4.78, 5) is 0. The third kappa shape index (κ3) is 7.96. The molecule has 0 fully saturated rings. The number of aliphatic hydroxyl groups is 1. The first-order valence-corrected chi connectivity index (χ1v) is 4.27. The highest BCUT2D eigenvalue weighted by Crippen LogP contribution is 2.05. The Balaban J connectivity index is 2.77. The molecule has 10 heavy (non-hydrogen) atoms. The summed E-state index contributed by atoms with van der Waals surface area (Å²) in [5, 5.41) is 8.89. The maximum absolute atomic E-state index is 8.89. The predicted molar refractivity (Wildman–Crippen MR) is 44.7 cm³/mol. The molecule has 1 atom stereocenters. The van der Waals surface area contributed by atoms with Crippen LogP contribution in [0, 0.1) is 6.42 Å². The minimum Gasteiger partial charge on any atom is -0.393 e. The lowest BCUT2D eigenvalue weighted by atomic mass is 10.1. The van der Waals surface area contributed by atoms with Gasteiger partial charge in [-0.2, -0.15) is 0 Å². The number of unbranched alkanes of at least 4 members (excludes halogenated alkanes) is 4. The van der Waals surface area contributed by atoms with Crippen LogP contribution in [0.1, 0.15) is 46.0 Å². The second-order valence-corrected chi connectivity index (χ2v) is 2.86. The number of hydrogen-bond acceptors (Lipinski definition) is 1. The van der Waals surface area contributed by atoms with Gasteiger partial charge in [0.2, 0.25) is 0 Å². The van der Waals surface area contributed by atoms with Crippen molar-refractivity contribution in [1.29, 1.82) is 0 Å². The average molecular weight is 143 g/mol. The van der Waals surface area contributed by atoms with E-state index in [4.69, 9.17) is 5.11 Å². The molecule has 61 valence electrons. The minimum atomic E-state index is -0.127. The molecule has 1 heteroatoms. The van der Waals surface area contributed by atoms with Crippen LogP contribution in [0.3, 0.4) is 0 Å². The molecule has 0 amide bonds. The largest absolute Gasteiger partial charge is 0.393 e. The van der Waals surface area contributed by atoms with Gasteiger partial charge in [0.15, 0.2) is 0 Å². The second-order valence-electron chi connectivity index (χ2n) is 2.86. The zero-order valence-electron chi connectivity index (χ0n) is 7.14. The molecule has 0 aliphatic heterocycles. The molecule has 0 aromatic heterocycles. The molecular weight excluding hydrogens is 124 g/mol. The molecule has 0 saturated heterocycles. The van der Waals surface area contributed by atoms with E-state index in [0.29, 0.717) is 0 Å². The fraction of sp³-hybridized carbons (Fsp3) is 0.889. The molecule has 0 aromatic carbocycles. The highest BCUT2D eigenvalue weighted by molar-refractivity contribution is 4.65. The first-order chi connectivity index (χ1) is 4.77. The summed E-state index contributed by atoms with van der Waals surface area (Å²) >= 11 is 0. The van der Waals surface area contributed by atoms with Crippen LogP contribution in [-0.4, -0.2) is 11.2 Å². The molecule has 1 nitrogen and oxygen atoms in total. The maximum atomic E-state index is 8.89. The van der Waals surface area contributed by atoms with Crippen LogP contribution < -0.4 is 0 Å². The van der Waals surface area contributed by atoms with Crippen molar-refractivity contribution in [2.45, 2.75) is 52.1 Å². The van der Waals surface area contributed by atoms with Gasteiger partial charge < -0.3 is 5.11 Å². The molecular formula is C9H19O. The average Bonchev–Trinajstić information content (AvgIpc) is 1.87. The molecule has 0 aromatic rings. The molecule has 1 N–H and O–H groups in total. The van der Waals surface area contributed by atoms with Crippen molar-refractivity contribution in [2.24, 2.45) is 0 Å². The van der Waals surface area contributed by atoms with E-state index in [9.17, 15) is 0 Å². The third-order valence-electron chi connectivity index (χ3n) is 1.55. The third-order valence-corrected chi connectivity index (χ3v) is 1.55. The highest BCUT2D eigenvalue weighted by atomic mass is 16.3. The molecule has 0 spiro atoms. The summed E-state index contributed by atoms with van der Waals surface area (Å²) in [5.74, 6) is 0. The van der Waals surface area contributed by atoms with Gasteiger partial charge in [-0.1, -0.05) is 26.2 Å². The Morgan fingerprint density at radius 2 is 2.10 bits per heavy atom. The highest BCUT2D eigenvalue weighted by Gasteiger charge is 1.94. The van der Waals surface area contributed by atoms with Gasteiger partial charge in [0.25, 0.3) is 0 Å². The molecule has 0 heterocycles. The van der Waals surface area contributed by atoms with Gasteiger partial charge >= 0.3 is 0 Å². The van der Waals surface area contributed by atoms with Gasteiger partial charge in [-0.25, -0.2) is 0 Å². The molecule has 0 aliphatic rings. The van der Waals surface area contributed by atoms with Crippen LogP contribution in [0.15, 0.2) is 0 Å². The van der Waals surface area contributed by atoms with E-state index < -0.39 is 0 Å². The van der Waals surface area contributed by atoms with Crippen LogP contribution in [0.4, 0.5) is 0 Å². The van der Waals surface area contributed by atoms with Gasteiger partial charge in [0.1, 0.15) is 0 Å². The molecule has 0 bridgehead atoms. The topological polar surface area (TPSA) is 20.2 Å². The first-order valence-electron chi connectivity index (χ1n) is 4.27. The van der Waals surface area contributed by atoms with E-state index in [0.717, 1.165) is 12.8 Å². The zero-order chi connectivity index (χ0) is 7.82. The Morgan fingerprint density at radius 3 is 2.60 bits per heavy atom. The second kappa shape index (κ2) is 7.07. The van der Waals surface area contributed by atoms with Crippen molar-refractivity contribution in [3.63, 3.8) is 0 Å². The van der Waals surface area contributed by atoms with Crippen molar-refractivity contribution in [3.8, 4) is 0 Å². The molecule has 0 rings (SSSR count). The van der Waals surface area contributed by atoms with E-state index in [1.54, 1.807) is 0 Å². The summed E-state index contributed by atoms with van der Waals surface area (Å²) in [6.07, 6.45) is 7.91. The van der Waals surface area contributed by atoms with Crippen LogP contribution >= 0.6 is 0 Å². The number of rotatable bonds is 6. The van der Waals surface area contributed by atoms with Crippen LogP contribution in [0.25, 0.3) is 0 Å². The van der Waals surface area contributed by atoms with Gasteiger partial charge in [-0.05, 0) is 26.2 Å². The maximum Gasteiger partial charge on any atom is 0.0512 e. The lowest BCUT2D eigenvalue weighted by Crippen LogP contribution is -1.98. The summed E-state index contributed by atoms with van der Waals surface area (Å²) in [5.41, 5.74) is 0. The monoisotopic (exact) mass is 143 g/mol. The van der Waals surface area contributed by atoms with Crippen LogP contribution in [-0.2, 0) is 0 Å². The Hall–Kier alpha value is -0.0400.